The van der Waals surface area contributed by atoms with E-state index in [1.807, 2.05) is 38.1 Å². The van der Waals surface area contributed by atoms with E-state index in [4.69, 9.17) is 25.8 Å². The van der Waals surface area contributed by atoms with Gasteiger partial charge in [0.15, 0.2) is 11.5 Å². The van der Waals surface area contributed by atoms with Gasteiger partial charge in [-0.2, -0.15) is 0 Å². The van der Waals surface area contributed by atoms with Crippen LogP contribution in [0.4, 0.5) is 0 Å². The molecule has 4 nitrogen and oxygen atoms in total. The van der Waals surface area contributed by atoms with Crippen LogP contribution < -0.4 is 19.5 Å². The largest absolute Gasteiger partial charge is 0.497 e. The number of hydrogen-bond donors (Lipinski definition) is 1. The molecule has 0 fully saturated rings. The van der Waals surface area contributed by atoms with Crippen molar-refractivity contribution in [3.05, 3.63) is 52.5 Å². The van der Waals surface area contributed by atoms with Gasteiger partial charge in [-0.3, -0.25) is 0 Å². The van der Waals surface area contributed by atoms with Crippen LogP contribution in [-0.2, 0) is 13.0 Å². The van der Waals surface area contributed by atoms with Gasteiger partial charge in [-0.05, 0) is 62.2 Å². The van der Waals surface area contributed by atoms with Crippen molar-refractivity contribution in [1.82, 2.24) is 5.32 Å². The van der Waals surface area contributed by atoms with E-state index in [0.29, 0.717) is 29.7 Å². The van der Waals surface area contributed by atoms with E-state index in [1.54, 1.807) is 7.11 Å². The van der Waals surface area contributed by atoms with Crippen LogP contribution in [0.1, 0.15) is 25.0 Å². The number of benzene rings is 2. The van der Waals surface area contributed by atoms with Crippen LogP contribution in [0.25, 0.3) is 0 Å². The summed E-state index contributed by atoms with van der Waals surface area (Å²) in [7, 11) is 1.68. The molecule has 26 heavy (non-hydrogen) atoms. The van der Waals surface area contributed by atoms with Crippen molar-refractivity contribution in [2.45, 2.75) is 26.8 Å². The summed E-state index contributed by atoms with van der Waals surface area (Å²) in [6.45, 7) is 6.61. The highest BCUT2D eigenvalue weighted by molar-refractivity contribution is 6.32. The Hall–Kier alpha value is -1.62. The predicted molar refractivity (Wildman–Crippen MR) is 109 cm³/mol. The van der Waals surface area contributed by atoms with Crippen molar-refractivity contribution in [3.63, 3.8) is 0 Å². The molecule has 6 heteroatoms. The minimum atomic E-state index is 0. The van der Waals surface area contributed by atoms with Crippen molar-refractivity contribution in [2.24, 2.45) is 0 Å². The van der Waals surface area contributed by atoms with E-state index < -0.39 is 0 Å². The number of halogens is 2. The normalized spacial score (nSPS) is 10.2. The molecule has 0 spiro atoms. The Balaban J connectivity index is 0.00000338. The molecule has 0 aliphatic carbocycles. The van der Waals surface area contributed by atoms with Gasteiger partial charge < -0.3 is 19.5 Å². The van der Waals surface area contributed by atoms with E-state index in [9.17, 15) is 0 Å². The molecule has 0 aliphatic heterocycles. The fourth-order valence-electron chi connectivity index (χ4n) is 2.53. The summed E-state index contributed by atoms with van der Waals surface area (Å²) in [5.41, 5.74) is 2.35. The molecular formula is C20H27Cl2NO3. The second-order valence-corrected chi connectivity index (χ2v) is 5.95. The van der Waals surface area contributed by atoms with Crippen LogP contribution in [0.3, 0.4) is 0 Å². The van der Waals surface area contributed by atoms with Gasteiger partial charge in [0.2, 0.25) is 0 Å². The summed E-state index contributed by atoms with van der Waals surface area (Å²) >= 11 is 6.34. The second-order valence-electron chi connectivity index (χ2n) is 5.55. The predicted octanol–water partition coefficient (Wildman–Crippen LogP) is 4.90. The van der Waals surface area contributed by atoms with E-state index in [1.165, 1.54) is 5.56 Å². The van der Waals surface area contributed by atoms with Gasteiger partial charge in [0, 0.05) is 6.54 Å². The molecule has 0 radical (unpaired) electrons. The topological polar surface area (TPSA) is 39.7 Å². The SMILES string of the molecule is CCOc1cc(CNCCc2ccc(OC)cc2)cc(Cl)c1OCC.Cl. The first kappa shape index (κ1) is 22.4. The minimum Gasteiger partial charge on any atom is -0.497 e. The van der Waals surface area contributed by atoms with Crippen molar-refractivity contribution in [1.29, 1.82) is 0 Å². The molecule has 0 unspecified atom stereocenters. The first-order chi connectivity index (χ1) is 12.2. The highest BCUT2D eigenvalue weighted by Crippen LogP contribution is 2.36. The Morgan fingerprint density at radius 2 is 1.65 bits per heavy atom. The maximum Gasteiger partial charge on any atom is 0.179 e. The van der Waals surface area contributed by atoms with E-state index >= 15 is 0 Å². The molecule has 0 atom stereocenters. The Labute approximate surface area is 167 Å². The molecule has 0 amide bonds. The number of hydrogen-bond acceptors (Lipinski definition) is 4. The number of ether oxygens (including phenoxy) is 3. The zero-order valence-electron chi connectivity index (χ0n) is 15.5. The summed E-state index contributed by atoms with van der Waals surface area (Å²) in [6.07, 6.45) is 0.951. The van der Waals surface area contributed by atoms with Gasteiger partial charge in [0.1, 0.15) is 5.75 Å². The van der Waals surface area contributed by atoms with Crippen molar-refractivity contribution in [2.75, 3.05) is 26.9 Å². The zero-order chi connectivity index (χ0) is 18.1. The molecule has 0 saturated heterocycles. The molecule has 2 aromatic carbocycles. The lowest BCUT2D eigenvalue weighted by Gasteiger charge is -2.14. The van der Waals surface area contributed by atoms with Gasteiger partial charge in [0.25, 0.3) is 0 Å². The Morgan fingerprint density at radius 1 is 0.962 bits per heavy atom. The Kier molecular flexibility index (Phi) is 10.3. The molecule has 0 heterocycles. The van der Waals surface area contributed by atoms with Gasteiger partial charge >= 0.3 is 0 Å². The second kappa shape index (κ2) is 11.9. The van der Waals surface area contributed by atoms with Crippen LogP contribution in [0.2, 0.25) is 5.02 Å². The fourth-order valence-corrected chi connectivity index (χ4v) is 2.82. The van der Waals surface area contributed by atoms with Gasteiger partial charge in [0.05, 0.1) is 25.3 Å². The van der Waals surface area contributed by atoms with Crippen LogP contribution in [0.15, 0.2) is 36.4 Å². The molecule has 2 rings (SSSR count). The van der Waals surface area contributed by atoms with Gasteiger partial charge in [-0.25, -0.2) is 0 Å². The average molecular weight is 400 g/mol. The first-order valence-corrected chi connectivity index (χ1v) is 8.97. The summed E-state index contributed by atoms with van der Waals surface area (Å²) in [6, 6.07) is 12.0. The summed E-state index contributed by atoms with van der Waals surface area (Å²) < 4.78 is 16.4. The average Bonchev–Trinajstić information content (AvgIpc) is 2.62. The highest BCUT2D eigenvalue weighted by Gasteiger charge is 2.12. The lowest BCUT2D eigenvalue weighted by atomic mass is 10.1. The Bertz CT molecular complexity index is 663. The molecule has 0 aromatic heterocycles. The van der Waals surface area contributed by atoms with Crippen molar-refractivity contribution >= 4 is 24.0 Å². The van der Waals surface area contributed by atoms with Gasteiger partial charge in [-0.15, -0.1) is 12.4 Å². The minimum absolute atomic E-state index is 0. The first-order valence-electron chi connectivity index (χ1n) is 8.59. The highest BCUT2D eigenvalue weighted by atomic mass is 35.5. The van der Waals surface area contributed by atoms with E-state index in [-0.39, 0.29) is 12.4 Å². The number of methoxy groups -OCH3 is 1. The molecular weight excluding hydrogens is 373 g/mol. The zero-order valence-corrected chi connectivity index (χ0v) is 17.1. The van der Waals surface area contributed by atoms with Crippen molar-refractivity contribution < 1.29 is 14.2 Å². The number of rotatable bonds is 10. The van der Waals surface area contributed by atoms with E-state index in [0.717, 1.165) is 30.8 Å². The van der Waals surface area contributed by atoms with Crippen molar-refractivity contribution in [3.8, 4) is 17.2 Å². The quantitative estimate of drug-likeness (QED) is 0.576. The molecule has 2 aromatic rings. The van der Waals surface area contributed by atoms with Crippen LogP contribution in [-0.4, -0.2) is 26.9 Å². The fraction of sp³-hybridized carbons (Fsp3) is 0.400. The molecule has 0 bridgehead atoms. The third kappa shape index (κ3) is 6.60. The smallest absolute Gasteiger partial charge is 0.179 e. The summed E-state index contributed by atoms with van der Waals surface area (Å²) in [5, 5.41) is 4.02. The molecule has 0 saturated carbocycles. The van der Waals surface area contributed by atoms with Crippen LogP contribution in [0, 0.1) is 0 Å². The molecule has 1 N–H and O–H groups in total. The Morgan fingerprint density at radius 3 is 2.27 bits per heavy atom. The van der Waals surface area contributed by atoms with Crippen LogP contribution >= 0.6 is 24.0 Å². The third-order valence-electron chi connectivity index (χ3n) is 3.74. The summed E-state index contributed by atoms with van der Waals surface area (Å²) in [4.78, 5) is 0. The number of nitrogens with one attached hydrogen (secondary N) is 1. The summed E-state index contributed by atoms with van der Waals surface area (Å²) in [5.74, 6) is 2.20. The lowest BCUT2D eigenvalue weighted by molar-refractivity contribution is 0.287. The van der Waals surface area contributed by atoms with E-state index in [2.05, 4.69) is 17.4 Å². The maximum atomic E-state index is 6.34. The maximum absolute atomic E-state index is 6.34. The third-order valence-corrected chi connectivity index (χ3v) is 4.02. The molecule has 144 valence electrons. The van der Waals surface area contributed by atoms with Crippen LogP contribution in [0.5, 0.6) is 17.2 Å². The molecule has 0 aliphatic rings. The monoisotopic (exact) mass is 399 g/mol. The van der Waals surface area contributed by atoms with Gasteiger partial charge in [-0.1, -0.05) is 23.7 Å². The lowest BCUT2D eigenvalue weighted by Crippen LogP contribution is -2.16. The standard InChI is InChI=1S/C20H26ClNO3.ClH/c1-4-24-19-13-16(12-18(21)20(19)25-5-2)14-22-11-10-15-6-8-17(23-3)9-7-15;/h6-9,12-13,22H,4-5,10-11,14H2,1-3H3;1H.